The van der Waals surface area contributed by atoms with Gasteiger partial charge in [0, 0.05) is 24.8 Å². The molecule has 1 atom stereocenters. The van der Waals surface area contributed by atoms with Crippen LogP contribution in [0.4, 0.5) is 10.2 Å². The number of halogens is 2. The van der Waals surface area contributed by atoms with Crippen molar-refractivity contribution in [2.24, 2.45) is 11.3 Å². The molecule has 3 aromatic rings. The number of nitrogens with one attached hydrogen (secondary N) is 1. The molecule has 1 aromatic carbocycles. The minimum Gasteiger partial charge on any atom is -0.368 e. The van der Waals surface area contributed by atoms with Crippen LogP contribution in [-0.4, -0.2) is 39.7 Å². The number of hydrogen-bond donors (Lipinski definition) is 1. The zero-order chi connectivity index (χ0) is 22.1. The van der Waals surface area contributed by atoms with Gasteiger partial charge in [-0.15, -0.1) is 10.2 Å². The summed E-state index contributed by atoms with van der Waals surface area (Å²) in [6.45, 7) is 6.26. The highest BCUT2D eigenvalue weighted by atomic mass is 35.5. The van der Waals surface area contributed by atoms with Crippen molar-refractivity contribution in [1.29, 1.82) is 0 Å². The Morgan fingerprint density at radius 2 is 2.00 bits per heavy atom. The number of benzene rings is 1. The average molecular weight is 452 g/mol. The van der Waals surface area contributed by atoms with Gasteiger partial charge in [-0.2, -0.15) is 0 Å². The summed E-state index contributed by atoms with van der Waals surface area (Å²) in [5.74, 6) is 1.08. The van der Waals surface area contributed by atoms with Crippen molar-refractivity contribution >= 4 is 17.4 Å². The molecule has 0 amide bonds. The molecule has 7 heteroatoms. The first-order valence-corrected chi connectivity index (χ1v) is 11.6. The minimum absolute atomic E-state index is 0.339. The number of hydrogen-bond acceptors (Lipinski definition) is 5. The maximum absolute atomic E-state index is 13.5. The molecule has 32 heavy (non-hydrogen) atoms. The van der Waals surface area contributed by atoms with Gasteiger partial charge in [0.15, 0.2) is 0 Å². The van der Waals surface area contributed by atoms with Crippen LogP contribution >= 0.6 is 11.6 Å². The van der Waals surface area contributed by atoms with E-state index in [1.165, 1.54) is 48.7 Å². The summed E-state index contributed by atoms with van der Waals surface area (Å²) in [5, 5.41) is 12.4. The molecule has 0 bridgehead atoms. The Labute approximate surface area is 193 Å². The van der Waals surface area contributed by atoms with Crippen molar-refractivity contribution in [2.45, 2.75) is 32.7 Å². The number of rotatable bonds is 6. The third-order valence-electron chi connectivity index (χ3n) is 7.10. The fourth-order valence-electron chi connectivity index (χ4n) is 4.88. The van der Waals surface area contributed by atoms with E-state index in [9.17, 15) is 4.39 Å². The smallest absolute Gasteiger partial charge is 0.148 e. The van der Waals surface area contributed by atoms with Crippen molar-refractivity contribution in [3.63, 3.8) is 0 Å². The number of nitrogens with zero attached hydrogens (tertiary/aromatic N) is 4. The average Bonchev–Trinajstić information content (AvgIpc) is 3.49. The van der Waals surface area contributed by atoms with E-state index in [-0.39, 0.29) is 5.82 Å². The molecule has 1 saturated carbocycles. The monoisotopic (exact) mass is 451 g/mol. The summed E-state index contributed by atoms with van der Waals surface area (Å²) in [4.78, 5) is 7.08. The van der Waals surface area contributed by atoms with E-state index < -0.39 is 0 Å². The number of aryl methyl sites for hydroxylation is 1. The van der Waals surface area contributed by atoms with Crippen molar-refractivity contribution in [3.05, 3.63) is 70.8 Å². The van der Waals surface area contributed by atoms with Gasteiger partial charge in [-0.25, -0.2) is 4.39 Å². The molecule has 2 aromatic heterocycles. The molecule has 2 aliphatic rings. The van der Waals surface area contributed by atoms with Crippen LogP contribution in [0.15, 0.2) is 48.7 Å². The van der Waals surface area contributed by atoms with Crippen molar-refractivity contribution in [2.75, 3.05) is 25.0 Å². The van der Waals surface area contributed by atoms with Gasteiger partial charge >= 0.3 is 0 Å². The van der Waals surface area contributed by atoms with Crippen LogP contribution in [0.25, 0.3) is 11.3 Å². The standard InChI is InChI=1S/C25H27ClFN5/c1-17-3-2-10-28-23(17)16-32-11-8-25(9-12-32)14-18(25)15-29-24-7-6-22(30-31-24)20-13-19(27)4-5-21(20)26/h2-7,10,13,18H,8-9,11-12,14-16H2,1H3,(H,29,31)/t18-/m0/s1. The lowest BCUT2D eigenvalue weighted by molar-refractivity contribution is 0.155. The number of anilines is 1. The SMILES string of the molecule is Cc1cccnc1CN1CCC2(CC1)C[C@H]2CNc1ccc(-c2cc(F)ccc2Cl)nn1. The van der Waals surface area contributed by atoms with E-state index >= 15 is 0 Å². The van der Waals surface area contributed by atoms with Crippen LogP contribution in [0.2, 0.25) is 5.02 Å². The highest BCUT2D eigenvalue weighted by Gasteiger charge is 2.54. The fourth-order valence-corrected chi connectivity index (χ4v) is 5.09. The molecular formula is C25H27ClFN5. The molecule has 1 N–H and O–H groups in total. The molecule has 3 heterocycles. The van der Waals surface area contributed by atoms with Crippen LogP contribution in [0.1, 0.15) is 30.5 Å². The van der Waals surface area contributed by atoms with Crippen molar-refractivity contribution < 1.29 is 4.39 Å². The van der Waals surface area contributed by atoms with E-state index in [0.29, 0.717) is 27.6 Å². The van der Waals surface area contributed by atoms with Gasteiger partial charge in [-0.05, 0) is 92.6 Å². The Morgan fingerprint density at radius 3 is 2.75 bits per heavy atom. The third kappa shape index (κ3) is 4.48. The maximum Gasteiger partial charge on any atom is 0.148 e. The fraction of sp³-hybridized carbons (Fsp3) is 0.400. The molecule has 1 saturated heterocycles. The van der Waals surface area contributed by atoms with Gasteiger partial charge < -0.3 is 5.32 Å². The van der Waals surface area contributed by atoms with E-state index in [1.54, 1.807) is 0 Å². The van der Waals surface area contributed by atoms with Crippen LogP contribution in [0.5, 0.6) is 0 Å². The number of piperidine rings is 1. The predicted molar refractivity (Wildman–Crippen MR) is 125 cm³/mol. The van der Waals surface area contributed by atoms with Gasteiger partial charge in [0.2, 0.25) is 0 Å². The van der Waals surface area contributed by atoms with Crippen LogP contribution < -0.4 is 5.32 Å². The second kappa shape index (κ2) is 8.75. The predicted octanol–water partition coefficient (Wildman–Crippen LogP) is 5.35. The molecule has 5 nitrogen and oxygen atoms in total. The molecule has 0 radical (unpaired) electrons. The van der Waals surface area contributed by atoms with Crippen molar-refractivity contribution in [3.8, 4) is 11.3 Å². The van der Waals surface area contributed by atoms with E-state index in [0.717, 1.165) is 32.0 Å². The lowest BCUT2D eigenvalue weighted by Gasteiger charge is -2.33. The van der Waals surface area contributed by atoms with Crippen LogP contribution in [-0.2, 0) is 6.54 Å². The Hall–Kier alpha value is -2.57. The number of likely N-dealkylation sites (tertiary alicyclic amines) is 1. The minimum atomic E-state index is -0.339. The highest BCUT2D eigenvalue weighted by Crippen LogP contribution is 2.59. The molecule has 1 spiro atoms. The molecule has 2 fully saturated rings. The van der Waals surface area contributed by atoms with Gasteiger partial charge in [-0.3, -0.25) is 9.88 Å². The normalized spacial score (nSPS) is 19.8. The van der Waals surface area contributed by atoms with E-state index in [4.69, 9.17) is 11.6 Å². The molecule has 166 valence electrons. The zero-order valence-corrected chi connectivity index (χ0v) is 18.9. The summed E-state index contributed by atoms with van der Waals surface area (Å²) < 4.78 is 13.5. The lowest BCUT2D eigenvalue weighted by atomic mass is 9.90. The van der Waals surface area contributed by atoms with E-state index in [2.05, 4.69) is 38.4 Å². The Kier molecular flexibility index (Phi) is 5.82. The van der Waals surface area contributed by atoms with Gasteiger partial charge in [0.25, 0.3) is 0 Å². The second-order valence-corrected chi connectivity index (χ2v) is 9.52. The third-order valence-corrected chi connectivity index (χ3v) is 7.43. The van der Waals surface area contributed by atoms with Crippen LogP contribution in [0.3, 0.4) is 0 Å². The number of aromatic nitrogens is 3. The molecule has 1 aliphatic carbocycles. The van der Waals surface area contributed by atoms with Crippen molar-refractivity contribution in [1.82, 2.24) is 20.1 Å². The summed E-state index contributed by atoms with van der Waals surface area (Å²) >= 11 is 6.17. The largest absolute Gasteiger partial charge is 0.368 e. The maximum atomic E-state index is 13.5. The second-order valence-electron chi connectivity index (χ2n) is 9.12. The summed E-state index contributed by atoms with van der Waals surface area (Å²) in [5.41, 5.74) is 4.07. The quantitative estimate of drug-likeness (QED) is 0.547. The Morgan fingerprint density at radius 1 is 1.16 bits per heavy atom. The van der Waals surface area contributed by atoms with E-state index in [1.807, 2.05) is 24.4 Å². The summed E-state index contributed by atoms with van der Waals surface area (Å²) in [7, 11) is 0. The molecule has 1 aliphatic heterocycles. The highest BCUT2D eigenvalue weighted by molar-refractivity contribution is 6.33. The molecule has 5 rings (SSSR count). The zero-order valence-electron chi connectivity index (χ0n) is 18.2. The lowest BCUT2D eigenvalue weighted by Crippen LogP contribution is -2.35. The molecular weight excluding hydrogens is 425 g/mol. The van der Waals surface area contributed by atoms with Gasteiger partial charge in [0.1, 0.15) is 11.6 Å². The Balaban J connectivity index is 1.12. The first-order chi connectivity index (χ1) is 15.5. The number of pyridine rings is 1. The first kappa shape index (κ1) is 21.3. The van der Waals surface area contributed by atoms with Gasteiger partial charge in [0.05, 0.1) is 16.4 Å². The van der Waals surface area contributed by atoms with Gasteiger partial charge in [-0.1, -0.05) is 17.7 Å². The topological polar surface area (TPSA) is 53.9 Å². The first-order valence-electron chi connectivity index (χ1n) is 11.2. The molecule has 0 unspecified atom stereocenters. The summed E-state index contributed by atoms with van der Waals surface area (Å²) in [6.07, 6.45) is 5.65. The Bertz CT molecular complexity index is 1100. The van der Waals surface area contributed by atoms with Crippen LogP contribution in [0, 0.1) is 24.1 Å². The summed E-state index contributed by atoms with van der Waals surface area (Å²) in [6, 6.07) is 12.1.